The van der Waals surface area contributed by atoms with Crippen LogP contribution in [0.15, 0.2) is 30.5 Å². The summed E-state index contributed by atoms with van der Waals surface area (Å²) < 4.78 is 1.64. The van der Waals surface area contributed by atoms with Crippen LogP contribution >= 0.6 is 11.6 Å². The SMILES string of the molecule is Cc1nn(-c2ccc(Cl)cc2)cc1C(=O)N(CC(C)C(=O)O)C1CC1. The van der Waals surface area contributed by atoms with Crippen molar-refractivity contribution in [1.82, 2.24) is 14.7 Å². The second-order valence-electron chi connectivity index (χ2n) is 6.48. The molecule has 1 amide bonds. The van der Waals surface area contributed by atoms with Crippen molar-refractivity contribution >= 4 is 23.5 Å². The van der Waals surface area contributed by atoms with Gasteiger partial charge in [-0.2, -0.15) is 5.10 Å². The van der Waals surface area contributed by atoms with Crippen molar-refractivity contribution in [2.45, 2.75) is 32.7 Å². The number of hydrogen-bond acceptors (Lipinski definition) is 3. The standard InChI is InChI=1S/C18H20ClN3O3/c1-11(18(24)25)9-21(14-7-8-14)17(23)16-10-22(20-12(16)2)15-5-3-13(19)4-6-15/h3-6,10-11,14H,7-9H2,1-2H3,(H,24,25). The molecule has 0 saturated heterocycles. The fourth-order valence-corrected chi connectivity index (χ4v) is 2.83. The fraction of sp³-hybridized carbons (Fsp3) is 0.389. The number of nitrogens with zero attached hydrogens (tertiary/aromatic N) is 3. The number of carbonyl (C=O) groups excluding carboxylic acids is 1. The van der Waals surface area contributed by atoms with Gasteiger partial charge in [-0.3, -0.25) is 9.59 Å². The number of amides is 1. The lowest BCUT2D eigenvalue weighted by molar-refractivity contribution is -0.141. The largest absolute Gasteiger partial charge is 0.481 e. The van der Waals surface area contributed by atoms with Crippen LogP contribution in [0.25, 0.3) is 5.69 Å². The molecular weight excluding hydrogens is 342 g/mol. The van der Waals surface area contributed by atoms with Crippen molar-refractivity contribution in [2.24, 2.45) is 5.92 Å². The van der Waals surface area contributed by atoms with Gasteiger partial charge in [-0.25, -0.2) is 4.68 Å². The molecule has 1 fully saturated rings. The van der Waals surface area contributed by atoms with Gasteiger partial charge in [-0.1, -0.05) is 18.5 Å². The Morgan fingerprint density at radius 3 is 2.56 bits per heavy atom. The van der Waals surface area contributed by atoms with Crippen molar-refractivity contribution in [1.29, 1.82) is 0 Å². The molecule has 1 saturated carbocycles. The maximum atomic E-state index is 13.0. The van der Waals surface area contributed by atoms with Gasteiger partial charge in [-0.05, 0) is 44.0 Å². The van der Waals surface area contributed by atoms with Gasteiger partial charge in [0.2, 0.25) is 0 Å². The van der Waals surface area contributed by atoms with Crippen LogP contribution in [0.2, 0.25) is 5.02 Å². The number of hydrogen-bond donors (Lipinski definition) is 1. The molecule has 132 valence electrons. The highest BCUT2D eigenvalue weighted by Gasteiger charge is 2.36. The molecule has 25 heavy (non-hydrogen) atoms. The van der Waals surface area contributed by atoms with Crippen molar-refractivity contribution < 1.29 is 14.7 Å². The Morgan fingerprint density at radius 2 is 2.00 bits per heavy atom. The molecule has 1 unspecified atom stereocenters. The minimum absolute atomic E-state index is 0.132. The Kier molecular flexibility index (Phi) is 4.81. The lowest BCUT2D eigenvalue weighted by atomic mass is 10.1. The predicted octanol–water partition coefficient (Wildman–Crippen LogP) is 3.16. The summed E-state index contributed by atoms with van der Waals surface area (Å²) in [6.45, 7) is 3.62. The Morgan fingerprint density at radius 1 is 1.36 bits per heavy atom. The third-order valence-electron chi connectivity index (χ3n) is 4.36. The minimum Gasteiger partial charge on any atom is -0.481 e. The van der Waals surface area contributed by atoms with Gasteiger partial charge in [0, 0.05) is 23.8 Å². The summed E-state index contributed by atoms with van der Waals surface area (Å²) in [5.41, 5.74) is 1.93. The third kappa shape index (κ3) is 3.85. The van der Waals surface area contributed by atoms with Gasteiger partial charge in [0.05, 0.1) is 22.9 Å². The Balaban J connectivity index is 1.85. The number of aliphatic carboxylic acids is 1. The number of benzene rings is 1. The predicted molar refractivity (Wildman–Crippen MR) is 94.2 cm³/mol. The van der Waals surface area contributed by atoms with Crippen LogP contribution in [-0.2, 0) is 4.79 Å². The zero-order valence-electron chi connectivity index (χ0n) is 14.1. The number of aromatic nitrogens is 2. The van der Waals surface area contributed by atoms with Crippen LogP contribution in [0.1, 0.15) is 35.8 Å². The molecule has 1 atom stereocenters. The van der Waals surface area contributed by atoms with Crippen LogP contribution < -0.4 is 0 Å². The van der Waals surface area contributed by atoms with E-state index < -0.39 is 11.9 Å². The van der Waals surface area contributed by atoms with Crippen molar-refractivity contribution in [2.75, 3.05) is 6.54 Å². The van der Waals surface area contributed by atoms with Gasteiger partial charge in [-0.15, -0.1) is 0 Å². The Bertz CT molecular complexity index is 796. The summed E-state index contributed by atoms with van der Waals surface area (Å²) >= 11 is 5.90. The van der Waals surface area contributed by atoms with E-state index in [0.29, 0.717) is 16.3 Å². The van der Waals surface area contributed by atoms with Gasteiger partial charge in [0.25, 0.3) is 5.91 Å². The number of carboxylic acid groups (broad SMARTS) is 1. The molecule has 1 heterocycles. The molecule has 0 spiro atoms. The van der Waals surface area contributed by atoms with Crippen LogP contribution in [-0.4, -0.2) is 44.3 Å². The van der Waals surface area contributed by atoms with E-state index in [-0.39, 0.29) is 18.5 Å². The van der Waals surface area contributed by atoms with E-state index in [0.717, 1.165) is 18.5 Å². The summed E-state index contributed by atoms with van der Waals surface area (Å²) in [5, 5.41) is 14.2. The molecular formula is C18H20ClN3O3. The van der Waals surface area contributed by atoms with Gasteiger partial charge >= 0.3 is 5.97 Å². The van der Waals surface area contributed by atoms with Gasteiger partial charge in [0.1, 0.15) is 0 Å². The lowest BCUT2D eigenvalue weighted by Crippen LogP contribution is -2.38. The van der Waals surface area contributed by atoms with Crippen LogP contribution in [0.3, 0.4) is 0 Å². The molecule has 0 bridgehead atoms. The van der Waals surface area contributed by atoms with E-state index in [9.17, 15) is 9.59 Å². The average molecular weight is 362 g/mol. The van der Waals surface area contributed by atoms with E-state index in [1.54, 1.807) is 41.8 Å². The first-order valence-electron chi connectivity index (χ1n) is 8.23. The van der Waals surface area contributed by atoms with Crippen molar-refractivity contribution in [3.63, 3.8) is 0 Å². The molecule has 7 heteroatoms. The quantitative estimate of drug-likeness (QED) is 0.857. The van der Waals surface area contributed by atoms with E-state index in [1.165, 1.54) is 0 Å². The monoisotopic (exact) mass is 361 g/mol. The maximum Gasteiger partial charge on any atom is 0.308 e. The summed E-state index contributed by atoms with van der Waals surface area (Å²) in [5.74, 6) is -1.66. The third-order valence-corrected chi connectivity index (χ3v) is 4.61. The maximum absolute atomic E-state index is 13.0. The molecule has 1 aromatic heterocycles. The van der Waals surface area contributed by atoms with Crippen LogP contribution in [0.5, 0.6) is 0 Å². The van der Waals surface area contributed by atoms with Crippen LogP contribution in [0, 0.1) is 12.8 Å². The molecule has 1 N–H and O–H groups in total. The second kappa shape index (κ2) is 6.88. The van der Waals surface area contributed by atoms with Crippen LogP contribution in [0.4, 0.5) is 0 Å². The number of carboxylic acids is 1. The molecule has 1 aromatic carbocycles. The number of halogens is 1. The molecule has 0 radical (unpaired) electrons. The van der Waals surface area contributed by atoms with E-state index in [2.05, 4.69) is 5.10 Å². The first-order chi connectivity index (χ1) is 11.9. The molecule has 0 aliphatic heterocycles. The van der Waals surface area contributed by atoms with Crippen molar-refractivity contribution in [3.05, 3.63) is 46.7 Å². The zero-order chi connectivity index (χ0) is 18.1. The highest BCUT2D eigenvalue weighted by atomic mass is 35.5. The van der Waals surface area contributed by atoms with Gasteiger partial charge in [0.15, 0.2) is 0 Å². The normalized spacial score (nSPS) is 15.0. The zero-order valence-corrected chi connectivity index (χ0v) is 14.9. The second-order valence-corrected chi connectivity index (χ2v) is 6.91. The first-order valence-corrected chi connectivity index (χ1v) is 8.60. The summed E-state index contributed by atoms with van der Waals surface area (Å²) in [6.07, 6.45) is 3.53. The first kappa shape index (κ1) is 17.5. The highest BCUT2D eigenvalue weighted by molar-refractivity contribution is 6.30. The molecule has 2 aromatic rings. The number of rotatable bonds is 6. The van der Waals surface area contributed by atoms with E-state index >= 15 is 0 Å². The van der Waals surface area contributed by atoms with E-state index in [4.69, 9.17) is 16.7 Å². The number of carbonyl (C=O) groups is 2. The molecule has 6 nitrogen and oxygen atoms in total. The number of aryl methyl sites for hydroxylation is 1. The smallest absolute Gasteiger partial charge is 0.308 e. The van der Waals surface area contributed by atoms with Crippen molar-refractivity contribution in [3.8, 4) is 5.69 Å². The summed E-state index contributed by atoms with van der Waals surface area (Å²) in [6, 6.07) is 7.32. The summed E-state index contributed by atoms with van der Waals surface area (Å²) in [4.78, 5) is 25.8. The lowest BCUT2D eigenvalue weighted by Gasteiger charge is -2.24. The topological polar surface area (TPSA) is 75.4 Å². The minimum atomic E-state index is -0.896. The Labute approximate surface area is 151 Å². The molecule has 1 aliphatic rings. The summed E-state index contributed by atoms with van der Waals surface area (Å²) in [7, 11) is 0. The van der Waals surface area contributed by atoms with Gasteiger partial charge < -0.3 is 10.0 Å². The Hall–Kier alpha value is -2.34. The highest BCUT2D eigenvalue weighted by Crippen LogP contribution is 2.30. The van der Waals surface area contributed by atoms with E-state index in [1.807, 2.05) is 12.1 Å². The fourth-order valence-electron chi connectivity index (χ4n) is 2.71. The molecule has 1 aliphatic carbocycles. The molecule has 3 rings (SSSR count). The average Bonchev–Trinajstić information content (AvgIpc) is 3.34.